The van der Waals surface area contributed by atoms with Crippen molar-refractivity contribution in [3.63, 3.8) is 0 Å². The number of hydrogen-bond acceptors (Lipinski definition) is 6. The Morgan fingerprint density at radius 1 is 1.03 bits per heavy atom. The van der Waals surface area contributed by atoms with Gasteiger partial charge in [0.25, 0.3) is 5.91 Å². The summed E-state index contributed by atoms with van der Waals surface area (Å²) in [6.45, 7) is 0. The maximum Gasteiger partial charge on any atom is 0.255 e. The minimum atomic E-state index is -4.09. The van der Waals surface area contributed by atoms with E-state index in [0.29, 0.717) is 12.8 Å². The first-order valence-corrected chi connectivity index (χ1v) is 14.2. The lowest BCUT2D eigenvalue weighted by molar-refractivity contribution is -0.145. The van der Waals surface area contributed by atoms with Crippen LogP contribution in [-0.2, 0) is 9.84 Å². The number of carbonyl (C=O) groups is 1. The zero-order chi connectivity index (χ0) is 28.1. The lowest BCUT2D eigenvalue weighted by Crippen LogP contribution is -2.52. The van der Waals surface area contributed by atoms with Crippen LogP contribution in [0.4, 0.5) is 18.9 Å². The van der Waals surface area contributed by atoms with Crippen LogP contribution in [0, 0.1) is 29.3 Å². The summed E-state index contributed by atoms with van der Waals surface area (Å²) >= 11 is 6.26. The quantitative estimate of drug-likeness (QED) is 0.384. The first-order chi connectivity index (χ1) is 18.4. The van der Waals surface area contributed by atoms with Crippen LogP contribution >= 0.6 is 11.6 Å². The van der Waals surface area contributed by atoms with Crippen molar-refractivity contribution >= 4 is 33.0 Å². The Morgan fingerprint density at radius 3 is 2.33 bits per heavy atom. The molecule has 5 atom stereocenters. The van der Waals surface area contributed by atoms with Gasteiger partial charge in [-0.2, -0.15) is 0 Å². The molecule has 0 saturated heterocycles. The number of nitrogens with one attached hydrogen (secondary N) is 1. The first-order valence-electron chi connectivity index (χ1n) is 12.2. The Hall–Kier alpha value is -2.99. The summed E-state index contributed by atoms with van der Waals surface area (Å²) in [5.41, 5.74) is -1.61. The van der Waals surface area contributed by atoms with Gasteiger partial charge in [-0.1, -0.05) is 11.6 Å². The summed E-state index contributed by atoms with van der Waals surface area (Å²) in [5, 5.41) is 23.9. The Morgan fingerprint density at radius 2 is 1.72 bits per heavy atom. The van der Waals surface area contributed by atoms with E-state index in [1.54, 1.807) is 0 Å². The van der Waals surface area contributed by atoms with Crippen LogP contribution in [0.25, 0.3) is 0 Å². The molecule has 2 saturated carbocycles. The number of fused-ring (bicyclic) bond motifs is 2. The van der Waals surface area contributed by atoms with Gasteiger partial charge in [0, 0.05) is 17.3 Å². The monoisotopic (exact) mass is 580 g/mol. The second-order valence-electron chi connectivity index (χ2n) is 10.0. The average Bonchev–Trinajstić information content (AvgIpc) is 3.06. The molecule has 3 unspecified atom stereocenters. The molecular weight excluding hydrogens is 557 g/mol. The summed E-state index contributed by atoms with van der Waals surface area (Å²) in [7, 11) is -4.09. The number of rotatable bonds is 6. The van der Waals surface area contributed by atoms with E-state index >= 15 is 0 Å². The maximum absolute atomic E-state index is 13.7. The Balaban J connectivity index is 1.38. The zero-order valence-electron chi connectivity index (χ0n) is 20.3. The van der Waals surface area contributed by atoms with Gasteiger partial charge in [-0.25, -0.2) is 21.6 Å². The Bertz CT molecular complexity index is 1520. The van der Waals surface area contributed by atoms with Crippen molar-refractivity contribution in [3.05, 3.63) is 88.5 Å². The molecule has 2 aromatic carbocycles. The predicted molar refractivity (Wildman–Crippen MR) is 136 cm³/mol. The van der Waals surface area contributed by atoms with Gasteiger partial charge in [0.2, 0.25) is 0 Å². The number of nitrogens with zero attached hydrogens (tertiary/aromatic N) is 1. The normalized spacial score (nSPS) is 25.3. The number of aliphatic hydroxyl groups is 2. The third-order valence-electron chi connectivity index (χ3n) is 7.85. The maximum atomic E-state index is 13.7. The van der Waals surface area contributed by atoms with Crippen LogP contribution in [0.2, 0.25) is 5.02 Å². The molecule has 2 aliphatic rings. The van der Waals surface area contributed by atoms with Crippen molar-refractivity contribution in [1.29, 1.82) is 0 Å². The van der Waals surface area contributed by atoms with E-state index in [9.17, 15) is 36.6 Å². The molecule has 12 heteroatoms. The van der Waals surface area contributed by atoms with Crippen LogP contribution in [0.5, 0.6) is 0 Å². The van der Waals surface area contributed by atoms with E-state index < -0.39 is 62.0 Å². The van der Waals surface area contributed by atoms with Crippen molar-refractivity contribution in [3.8, 4) is 0 Å². The molecular formula is C27H24ClF3N2O5S. The smallest absolute Gasteiger partial charge is 0.255 e. The third kappa shape index (κ3) is 4.93. The van der Waals surface area contributed by atoms with Gasteiger partial charge in [0.05, 0.1) is 27.1 Å². The van der Waals surface area contributed by atoms with Crippen molar-refractivity contribution in [2.45, 2.75) is 47.5 Å². The summed E-state index contributed by atoms with van der Waals surface area (Å²) < 4.78 is 67.5. The van der Waals surface area contributed by atoms with Crippen LogP contribution < -0.4 is 5.32 Å². The minimum Gasteiger partial charge on any atom is -0.386 e. The van der Waals surface area contributed by atoms with Gasteiger partial charge in [-0.05, 0) is 80.0 Å². The van der Waals surface area contributed by atoms with Gasteiger partial charge in [-0.15, -0.1) is 0 Å². The van der Waals surface area contributed by atoms with Crippen LogP contribution in [0.1, 0.15) is 47.8 Å². The van der Waals surface area contributed by atoms with Crippen molar-refractivity contribution < 1.29 is 36.6 Å². The van der Waals surface area contributed by atoms with Gasteiger partial charge >= 0.3 is 0 Å². The molecule has 1 amide bonds. The van der Waals surface area contributed by atoms with E-state index in [-0.39, 0.29) is 39.7 Å². The number of anilines is 1. The lowest BCUT2D eigenvalue weighted by Gasteiger charge is -2.45. The molecule has 3 aromatic rings. The van der Waals surface area contributed by atoms with Gasteiger partial charge in [-0.3, -0.25) is 9.78 Å². The topological polar surface area (TPSA) is 117 Å². The fourth-order valence-electron chi connectivity index (χ4n) is 5.85. The van der Waals surface area contributed by atoms with E-state index in [2.05, 4.69) is 10.3 Å². The molecule has 2 bridgehead atoms. The number of hydrogen-bond donors (Lipinski definition) is 3. The lowest BCUT2D eigenvalue weighted by atomic mass is 9.70. The fraction of sp³-hybridized carbons (Fsp3) is 0.333. The minimum absolute atomic E-state index is 0.0180. The van der Waals surface area contributed by atoms with Crippen LogP contribution in [0.15, 0.2) is 59.6 Å². The summed E-state index contributed by atoms with van der Waals surface area (Å²) in [6.07, 6.45) is 0.555. The van der Waals surface area contributed by atoms with E-state index in [1.165, 1.54) is 24.3 Å². The predicted octanol–water partition coefficient (Wildman–Crippen LogP) is 4.83. The highest BCUT2D eigenvalue weighted by molar-refractivity contribution is 7.92. The third-order valence-corrected chi connectivity index (χ3v) is 10.5. The number of amides is 1. The number of halogens is 4. The zero-order valence-corrected chi connectivity index (χ0v) is 21.9. The second kappa shape index (κ2) is 10.2. The number of sulfone groups is 1. The molecule has 0 aliphatic heterocycles. The largest absolute Gasteiger partial charge is 0.386 e. The molecule has 206 valence electrons. The molecule has 2 fully saturated rings. The van der Waals surface area contributed by atoms with Gasteiger partial charge in [0.15, 0.2) is 21.5 Å². The van der Waals surface area contributed by atoms with Crippen molar-refractivity contribution in [1.82, 2.24) is 4.98 Å². The van der Waals surface area contributed by atoms with Crippen LogP contribution in [-0.4, -0.2) is 40.4 Å². The summed E-state index contributed by atoms with van der Waals surface area (Å²) in [6, 6.07) is 8.95. The second-order valence-corrected chi connectivity index (χ2v) is 12.6. The molecule has 0 spiro atoms. The van der Waals surface area contributed by atoms with Gasteiger partial charge < -0.3 is 15.5 Å². The number of benzene rings is 2. The van der Waals surface area contributed by atoms with Crippen molar-refractivity contribution in [2.24, 2.45) is 11.8 Å². The highest BCUT2D eigenvalue weighted by Gasteiger charge is 2.59. The first kappa shape index (κ1) is 27.6. The average molecular weight is 581 g/mol. The van der Waals surface area contributed by atoms with Crippen LogP contribution in [0.3, 0.4) is 0 Å². The summed E-state index contributed by atoms with van der Waals surface area (Å²) in [5.74, 6) is -4.72. The Labute approximate surface area is 227 Å². The summed E-state index contributed by atoms with van der Waals surface area (Å²) in [4.78, 5) is 16.4. The SMILES string of the molecule is O=C(Nc1ccc(F)c(F)c1)c1ccc(Cl)c(S(=O)(=O)C2C[C@H]3CC[C@@H](C2)C3(O)C(O)c2ccc(F)cn2)c1. The molecule has 3 N–H and O–H groups in total. The molecule has 1 aromatic heterocycles. The number of aliphatic hydroxyl groups excluding tert-OH is 1. The van der Waals surface area contributed by atoms with Gasteiger partial charge in [0.1, 0.15) is 17.5 Å². The Kier molecular flexibility index (Phi) is 7.21. The highest BCUT2D eigenvalue weighted by atomic mass is 35.5. The molecule has 2 aliphatic carbocycles. The number of carbonyl (C=O) groups excluding carboxylic acids is 1. The van der Waals surface area contributed by atoms with E-state index in [4.69, 9.17) is 11.6 Å². The number of pyridine rings is 1. The standard InChI is InChI=1S/C27H24ClF3N2O5S/c28-20-6-1-14(26(35)33-18-5-7-21(30)22(31)12-18)9-24(20)39(37,38)19-10-15-2-3-16(11-19)27(15,36)25(34)23-8-4-17(29)13-32-23/h1,4-9,12-13,15-16,19,25,34,36H,2-3,10-11H2,(H,33,35)/t15-,16+,19?,25?,27?. The molecule has 0 radical (unpaired) electrons. The molecule has 7 nitrogen and oxygen atoms in total. The molecule has 1 heterocycles. The van der Waals surface area contributed by atoms with E-state index in [1.807, 2.05) is 0 Å². The highest BCUT2D eigenvalue weighted by Crippen LogP contribution is 2.56. The molecule has 39 heavy (non-hydrogen) atoms. The fourth-order valence-corrected chi connectivity index (χ4v) is 8.25. The molecule has 5 rings (SSSR count). The van der Waals surface area contributed by atoms with Crippen molar-refractivity contribution in [2.75, 3.05) is 5.32 Å². The van der Waals surface area contributed by atoms with E-state index in [0.717, 1.165) is 30.5 Å². The number of aromatic nitrogens is 1.